The highest BCUT2D eigenvalue weighted by molar-refractivity contribution is 5.46. The molecule has 0 fully saturated rings. The van der Waals surface area contributed by atoms with Crippen LogP contribution in [0, 0.1) is 0 Å². The number of aryl methyl sites for hydroxylation is 1. The lowest BCUT2D eigenvalue weighted by Crippen LogP contribution is -1.94. The first kappa shape index (κ1) is 10.8. The average molecular weight is 244 g/mol. The maximum atomic E-state index is 9.43. The summed E-state index contributed by atoms with van der Waals surface area (Å²) in [7, 11) is 1.81. The van der Waals surface area contributed by atoms with Crippen LogP contribution < -0.4 is 4.74 Å². The highest BCUT2D eigenvalue weighted by atomic mass is 16.5. The lowest BCUT2D eigenvalue weighted by atomic mass is 10.4. The summed E-state index contributed by atoms with van der Waals surface area (Å²) in [6.07, 6.45) is 5.18. The highest BCUT2D eigenvalue weighted by Crippen LogP contribution is 2.25. The number of ether oxygens (including phenoxy) is 1. The Labute approximate surface area is 103 Å². The third kappa shape index (κ3) is 1.72. The minimum atomic E-state index is -0.138. The van der Waals surface area contributed by atoms with Gasteiger partial charge in [0.1, 0.15) is 11.3 Å². The summed E-state index contributed by atoms with van der Waals surface area (Å²) in [5.74, 6) is 0.993. The molecule has 0 bridgehead atoms. The molecule has 0 aliphatic carbocycles. The SMILES string of the molecule is Cn1cc(Oc2nc3ccccn3c2CO)cn1. The molecule has 3 aromatic heterocycles. The molecule has 6 heteroatoms. The molecule has 1 N–H and O–H groups in total. The van der Waals surface area contributed by atoms with Crippen molar-refractivity contribution < 1.29 is 9.84 Å². The number of imidazole rings is 1. The number of hydrogen-bond acceptors (Lipinski definition) is 4. The van der Waals surface area contributed by atoms with Crippen LogP contribution >= 0.6 is 0 Å². The predicted octanol–water partition coefficient (Wildman–Crippen LogP) is 1.35. The molecular weight excluding hydrogens is 232 g/mol. The van der Waals surface area contributed by atoms with Gasteiger partial charge < -0.3 is 9.84 Å². The molecule has 0 saturated heterocycles. The second kappa shape index (κ2) is 4.15. The maximum Gasteiger partial charge on any atom is 0.244 e. The van der Waals surface area contributed by atoms with Gasteiger partial charge in [0.15, 0.2) is 5.75 Å². The molecule has 3 aromatic rings. The van der Waals surface area contributed by atoms with Crippen LogP contribution in [0.2, 0.25) is 0 Å². The Morgan fingerprint density at radius 1 is 1.39 bits per heavy atom. The van der Waals surface area contributed by atoms with Crippen LogP contribution in [0.3, 0.4) is 0 Å². The van der Waals surface area contributed by atoms with Gasteiger partial charge in [-0.3, -0.25) is 9.08 Å². The minimum Gasteiger partial charge on any atom is -0.434 e. The van der Waals surface area contributed by atoms with Crippen molar-refractivity contribution in [2.75, 3.05) is 0 Å². The molecule has 0 atom stereocenters. The van der Waals surface area contributed by atoms with Crippen molar-refractivity contribution in [3.8, 4) is 11.6 Å². The number of nitrogens with zero attached hydrogens (tertiary/aromatic N) is 4. The van der Waals surface area contributed by atoms with E-state index in [0.29, 0.717) is 17.3 Å². The number of fused-ring (bicyclic) bond motifs is 1. The van der Waals surface area contributed by atoms with E-state index < -0.39 is 0 Å². The Morgan fingerprint density at radius 3 is 3.00 bits per heavy atom. The van der Waals surface area contributed by atoms with E-state index in [1.807, 2.05) is 31.4 Å². The van der Waals surface area contributed by atoms with Crippen molar-refractivity contribution in [2.24, 2.45) is 7.05 Å². The highest BCUT2D eigenvalue weighted by Gasteiger charge is 2.13. The van der Waals surface area contributed by atoms with E-state index in [2.05, 4.69) is 10.1 Å². The molecule has 0 aliphatic heterocycles. The van der Waals surface area contributed by atoms with Crippen LogP contribution in [0.4, 0.5) is 0 Å². The minimum absolute atomic E-state index is 0.138. The van der Waals surface area contributed by atoms with Gasteiger partial charge in [0, 0.05) is 13.2 Å². The van der Waals surface area contributed by atoms with Crippen LogP contribution in [0.25, 0.3) is 5.65 Å². The zero-order valence-corrected chi connectivity index (χ0v) is 9.82. The summed E-state index contributed by atoms with van der Waals surface area (Å²) < 4.78 is 9.07. The van der Waals surface area contributed by atoms with Crippen molar-refractivity contribution in [1.29, 1.82) is 0 Å². The van der Waals surface area contributed by atoms with Crippen molar-refractivity contribution >= 4 is 5.65 Å². The van der Waals surface area contributed by atoms with Gasteiger partial charge in [-0.15, -0.1) is 0 Å². The predicted molar refractivity (Wildman–Crippen MR) is 64.4 cm³/mol. The summed E-state index contributed by atoms with van der Waals surface area (Å²) in [6.45, 7) is -0.138. The molecule has 0 aromatic carbocycles. The smallest absolute Gasteiger partial charge is 0.244 e. The third-order valence-electron chi connectivity index (χ3n) is 2.64. The Morgan fingerprint density at radius 2 is 2.28 bits per heavy atom. The molecule has 0 radical (unpaired) electrons. The summed E-state index contributed by atoms with van der Waals surface area (Å²) >= 11 is 0. The van der Waals surface area contributed by atoms with Gasteiger partial charge in [0.2, 0.25) is 5.88 Å². The maximum absolute atomic E-state index is 9.43. The second-order valence-electron chi connectivity index (χ2n) is 3.90. The standard InChI is InChI=1S/C12H12N4O2/c1-15-7-9(6-13-15)18-12-10(8-17)16-5-3-2-4-11(16)14-12/h2-7,17H,8H2,1H3. The first-order valence-electron chi connectivity index (χ1n) is 5.51. The Hall–Kier alpha value is -2.34. The van der Waals surface area contributed by atoms with Crippen LogP contribution in [0.15, 0.2) is 36.8 Å². The molecular formula is C12H12N4O2. The number of rotatable bonds is 3. The zero-order chi connectivity index (χ0) is 12.5. The van der Waals surface area contributed by atoms with Crippen LogP contribution in [0.1, 0.15) is 5.69 Å². The lowest BCUT2D eigenvalue weighted by Gasteiger charge is -2.01. The first-order chi connectivity index (χ1) is 8.78. The van der Waals surface area contributed by atoms with E-state index in [0.717, 1.165) is 5.65 Å². The summed E-state index contributed by atoms with van der Waals surface area (Å²) in [4.78, 5) is 4.33. The van der Waals surface area contributed by atoms with E-state index in [-0.39, 0.29) is 6.61 Å². The average Bonchev–Trinajstić information content (AvgIpc) is 2.92. The van der Waals surface area contributed by atoms with Gasteiger partial charge in [0.05, 0.1) is 19.0 Å². The fraction of sp³-hybridized carbons (Fsp3) is 0.167. The van der Waals surface area contributed by atoms with Gasteiger partial charge >= 0.3 is 0 Å². The summed E-state index contributed by atoms with van der Waals surface area (Å²) in [5, 5.41) is 13.4. The topological polar surface area (TPSA) is 64.6 Å². The van der Waals surface area contributed by atoms with Crippen molar-refractivity contribution in [2.45, 2.75) is 6.61 Å². The van der Waals surface area contributed by atoms with Gasteiger partial charge in [-0.2, -0.15) is 10.1 Å². The van der Waals surface area contributed by atoms with Gasteiger partial charge in [0.25, 0.3) is 0 Å². The molecule has 0 unspecified atom stereocenters. The third-order valence-corrected chi connectivity index (χ3v) is 2.64. The molecule has 0 spiro atoms. The fourth-order valence-electron chi connectivity index (χ4n) is 1.81. The largest absolute Gasteiger partial charge is 0.434 e. The van der Waals surface area contributed by atoms with Crippen LogP contribution in [0.5, 0.6) is 11.6 Å². The Bertz CT molecular complexity index is 686. The Balaban J connectivity index is 2.05. The van der Waals surface area contributed by atoms with Crippen molar-refractivity contribution in [3.05, 3.63) is 42.5 Å². The molecule has 0 aliphatic rings. The number of pyridine rings is 1. The van der Waals surface area contributed by atoms with Crippen molar-refractivity contribution in [3.63, 3.8) is 0 Å². The van der Waals surface area contributed by atoms with E-state index >= 15 is 0 Å². The summed E-state index contributed by atoms with van der Waals surface area (Å²) in [6, 6.07) is 5.62. The van der Waals surface area contributed by atoms with E-state index in [9.17, 15) is 5.11 Å². The van der Waals surface area contributed by atoms with E-state index in [4.69, 9.17) is 4.74 Å². The van der Waals surface area contributed by atoms with Crippen LogP contribution in [-0.4, -0.2) is 24.3 Å². The van der Waals surface area contributed by atoms with E-state index in [1.54, 1.807) is 21.5 Å². The normalized spacial score (nSPS) is 11.0. The molecule has 6 nitrogen and oxygen atoms in total. The lowest BCUT2D eigenvalue weighted by molar-refractivity contribution is 0.269. The number of aliphatic hydroxyl groups excluding tert-OH is 1. The van der Waals surface area contributed by atoms with Gasteiger partial charge in [-0.05, 0) is 12.1 Å². The molecule has 0 amide bonds. The zero-order valence-electron chi connectivity index (χ0n) is 9.82. The molecule has 92 valence electrons. The van der Waals surface area contributed by atoms with E-state index in [1.165, 1.54) is 0 Å². The first-order valence-corrected chi connectivity index (χ1v) is 5.51. The molecule has 3 heterocycles. The second-order valence-corrected chi connectivity index (χ2v) is 3.90. The molecule has 0 saturated carbocycles. The Kier molecular flexibility index (Phi) is 2.49. The van der Waals surface area contributed by atoms with Crippen molar-refractivity contribution in [1.82, 2.24) is 19.2 Å². The fourth-order valence-corrected chi connectivity index (χ4v) is 1.81. The number of aromatic nitrogens is 4. The summed E-state index contributed by atoms with van der Waals surface area (Å²) in [5.41, 5.74) is 1.36. The van der Waals surface area contributed by atoms with Gasteiger partial charge in [-0.25, -0.2) is 0 Å². The van der Waals surface area contributed by atoms with Crippen LogP contribution in [-0.2, 0) is 13.7 Å². The quantitative estimate of drug-likeness (QED) is 0.755. The monoisotopic (exact) mass is 244 g/mol. The number of hydrogen-bond donors (Lipinski definition) is 1. The molecule has 3 rings (SSSR count). The molecule has 18 heavy (non-hydrogen) atoms. The number of aliphatic hydroxyl groups is 1. The van der Waals surface area contributed by atoms with Gasteiger partial charge in [-0.1, -0.05) is 6.07 Å².